The normalized spacial score (nSPS) is 12.4. The highest BCUT2D eigenvalue weighted by atomic mass is 19.4. The predicted octanol–water partition coefficient (Wildman–Crippen LogP) is 3.80. The number of hydrogen-bond acceptors (Lipinski definition) is 3. The Kier molecular flexibility index (Phi) is 5.35. The van der Waals surface area contributed by atoms with Crippen molar-refractivity contribution in [3.8, 4) is 0 Å². The van der Waals surface area contributed by atoms with E-state index in [1.807, 2.05) is 0 Å². The van der Waals surface area contributed by atoms with Crippen molar-refractivity contribution < 1.29 is 31.1 Å². The number of carbonyl (C=O) groups excluding carboxylic acids is 1. The molecular weight excluding hydrogens is 418 g/mol. The lowest BCUT2D eigenvalue weighted by molar-refractivity contribution is -0.138. The van der Waals surface area contributed by atoms with Crippen molar-refractivity contribution in [3.05, 3.63) is 58.0 Å². The van der Waals surface area contributed by atoms with Crippen LogP contribution in [-0.4, -0.2) is 20.3 Å². The summed E-state index contributed by atoms with van der Waals surface area (Å²) in [6, 6.07) is 4.18. The summed E-state index contributed by atoms with van der Waals surface area (Å²) >= 11 is 0. The van der Waals surface area contributed by atoms with E-state index in [0.717, 1.165) is 39.7 Å². The number of nitrogens with zero attached hydrogens (tertiary/aromatic N) is 3. The number of rotatable bonds is 4. The van der Waals surface area contributed by atoms with Crippen LogP contribution in [0.5, 0.6) is 0 Å². The van der Waals surface area contributed by atoms with Gasteiger partial charge in [0.25, 0.3) is 5.56 Å². The summed E-state index contributed by atoms with van der Waals surface area (Å²) in [6.45, 7) is -0.267. The minimum absolute atomic E-state index is 0.107. The van der Waals surface area contributed by atoms with Crippen molar-refractivity contribution in [1.82, 2.24) is 14.3 Å². The Hall–Kier alpha value is -3.31. The number of halogens is 6. The monoisotopic (exact) mass is 432 g/mol. The summed E-state index contributed by atoms with van der Waals surface area (Å²) in [4.78, 5) is 24.3. The van der Waals surface area contributed by atoms with Crippen LogP contribution in [0, 0.1) is 0 Å². The van der Waals surface area contributed by atoms with Crippen LogP contribution in [0.25, 0.3) is 11.0 Å². The molecular formula is C18H14F6N4O2. The second-order valence-corrected chi connectivity index (χ2v) is 6.46. The Morgan fingerprint density at radius 1 is 1.07 bits per heavy atom. The molecule has 30 heavy (non-hydrogen) atoms. The molecule has 0 fully saturated rings. The SMILES string of the molecule is Cn1cc2c(C(F)(F)F)cc(=O)n(CCC(=O)Nc3ccc(C(F)(F)F)cc3)c2n1. The highest BCUT2D eigenvalue weighted by molar-refractivity contribution is 5.90. The summed E-state index contributed by atoms with van der Waals surface area (Å²) < 4.78 is 79.3. The highest BCUT2D eigenvalue weighted by Crippen LogP contribution is 2.33. The summed E-state index contributed by atoms with van der Waals surface area (Å²) in [5, 5.41) is 5.97. The fourth-order valence-electron chi connectivity index (χ4n) is 2.88. The number of hydrogen-bond donors (Lipinski definition) is 1. The Balaban J connectivity index is 1.78. The molecule has 6 nitrogen and oxygen atoms in total. The van der Waals surface area contributed by atoms with Gasteiger partial charge in [0.05, 0.1) is 11.1 Å². The molecule has 0 bridgehead atoms. The molecule has 0 aliphatic rings. The van der Waals surface area contributed by atoms with E-state index in [-0.39, 0.29) is 29.7 Å². The van der Waals surface area contributed by atoms with Crippen LogP contribution >= 0.6 is 0 Å². The highest BCUT2D eigenvalue weighted by Gasteiger charge is 2.35. The standard InChI is InChI=1S/C18H14F6N4O2/c1-27-9-12-13(18(22,23)24)8-15(30)28(16(12)26-27)7-6-14(29)25-11-4-2-10(3-5-11)17(19,20)21/h2-5,8-9H,6-7H2,1H3,(H,25,29). The van der Waals surface area contributed by atoms with Crippen molar-refractivity contribution in [2.45, 2.75) is 25.3 Å². The number of amides is 1. The first-order valence-corrected chi connectivity index (χ1v) is 8.48. The first kappa shape index (κ1) is 21.4. The van der Waals surface area contributed by atoms with Gasteiger partial charge in [-0.05, 0) is 24.3 Å². The molecule has 0 unspecified atom stereocenters. The lowest BCUT2D eigenvalue weighted by atomic mass is 10.2. The molecule has 1 aromatic carbocycles. The molecule has 0 saturated carbocycles. The Morgan fingerprint density at radius 3 is 2.27 bits per heavy atom. The van der Waals surface area contributed by atoms with E-state index in [1.54, 1.807) is 0 Å². The molecule has 2 aromatic heterocycles. The van der Waals surface area contributed by atoms with Gasteiger partial charge < -0.3 is 5.32 Å². The predicted molar refractivity (Wildman–Crippen MR) is 94.7 cm³/mol. The third-order valence-electron chi connectivity index (χ3n) is 4.25. The average molecular weight is 432 g/mol. The number of aryl methyl sites for hydroxylation is 2. The van der Waals surface area contributed by atoms with Crippen LogP contribution in [0.4, 0.5) is 32.0 Å². The molecule has 2 heterocycles. The summed E-state index contributed by atoms with van der Waals surface area (Å²) in [5.74, 6) is -0.634. The van der Waals surface area contributed by atoms with Crippen LogP contribution in [0.3, 0.4) is 0 Å². The number of carbonyl (C=O) groups is 1. The number of anilines is 1. The maximum Gasteiger partial charge on any atom is 0.417 e. The minimum Gasteiger partial charge on any atom is -0.326 e. The number of fused-ring (bicyclic) bond motifs is 1. The van der Waals surface area contributed by atoms with Crippen molar-refractivity contribution in [2.24, 2.45) is 7.05 Å². The Bertz CT molecular complexity index is 1140. The number of pyridine rings is 1. The van der Waals surface area contributed by atoms with Crippen molar-refractivity contribution in [3.63, 3.8) is 0 Å². The molecule has 3 rings (SSSR count). The van der Waals surface area contributed by atoms with Crippen molar-refractivity contribution in [2.75, 3.05) is 5.32 Å². The Morgan fingerprint density at radius 2 is 1.70 bits per heavy atom. The van der Waals surface area contributed by atoms with E-state index in [4.69, 9.17) is 0 Å². The van der Waals surface area contributed by atoms with E-state index in [2.05, 4.69) is 10.4 Å². The Labute approximate surface area is 164 Å². The van der Waals surface area contributed by atoms with E-state index >= 15 is 0 Å². The van der Waals surface area contributed by atoms with Gasteiger partial charge in [-0.25, -0.2) is 0 Å². The molecule has 12 heteroatoms. The molecule has 3 aromatic rings. The lowest BCUT2D eigenvalue weighted by Gasteiger charge is -2.12. The minimum atomic E-state index is -4.75. The number of nitrogens with one attached hydrogen (secondary N) is 1. The second kappa shape index (κ2) is 7.50. The van der Waals surface area contributed by atoms with E-state index in [9.17, 15) is 35.9 Å². The van der Waals surface area contributed by atoms with Gasteiger partial charge in [0.15, 0.2) is 5.65 Å². The molecule has 0 aliphatic heterocycles. The third-order valence-corrected chi connectivity index (χ3v) is 4.25. The van der Waals surface area contributed by atoms with Gasteiger partial charge in [-0.1, -0.05) is 0 Å². The van der Waals surface area contributed by atoms with E-state index < -0.39 is 34.9 Å². The first-order chi connectivity index (χ1) is 13.9. The summed E-state index contributed by atoms with van der Waals surface area (Å²) in [5.41, 5.74) is -3.10. The quantitative estimate of drug-likeness (QED) is 0.638. The average Bonchev–Trinajstić information content (AvgIpc) is 3.00. The van der Waals surface area contributed by atoms with Gasteiger partial charge in [-0.3, -0.25) is 18.8 Å². The van der Waals surface area contributed by atoms with Crippen molar-refractivity contribution in [1.29, 1.82) is 0 Å². The van der Waals surface area contributed by atoms with Crippen LogP contribution in [0.2, 0.25) is 0 Å². The van der Waals surface area contributed by atoms with Crippen LogP contribution in [-0.2, 0) is 30.7 Å². The zero-order valence-electron chi connectivity index (χ0n) is 15.3. The summed E-state index contributed by atoms with van der Waals surface area (Å²) in [6.07, 6.45) is -8.45. The number of alkyl halides is 6. The topological polar surface area (TPSA) is 68.9 Å². The summed E-state index contributed by atoms with van der Waals surface area (Å²) in [7, 11) is 1.40. The fraction of sp³-hybridized carbons (Fsp3) is 0.278. The van der Waals surface area contributed by atoms with Gasteiger partial charge in [0.1, 0.15) is 0 Å². The maximum atomic E-state index is 13.2. The van der Waals surface area contributed by atoms with Gasteiger partial charge in [-0.15, -0.1) is 0 Å². The van der Waals surface area contributed by atoms with Gasteiger partial charge >= 0.3 is 12.4 Å². The molecule has 0 atom stereocenters. The molecule has 0 saturated heterocycles. The lowest BCUT2D eigenvalue weighted by Crippen LogP contribution is -2.25. The largest absolute Gasteiger partial charge is 0.417 e. The van der Waals surface area contributed by atoms with Crippen LogP contribution in [0.1, 0.15) is 17.5 Å². The molecule has 1 amide bonds. The smallest absolute Gasteiger partial charge is 0.326 e. The van der Waals surface area contributed by atoms with E-state index in [0.29, 0.717) is 6.07 Å². The number of benzene rings is 1. The first-order valence-electron chi connectivity index (χ1n) is 8.48. The third kappa shape index (κ3) is 4.47. The van der Waals surface area contributed by atoms with Crippen LogP contribution < -0.4 is 10.9 Å². The fourth-order valence-corrected chi connectivity index (χ4v) is 2.88. The van der Waals surface area contributed by atoms with E-state index in [1.165, 1.54) is 7.05 Å². The zero-order chi connectivity index (χ0) is 22.3. The molecule has 0 aliphatic carbocycles. The van der Waals surface area contributed by atoms with Gasteiger partial charge in [-0.2, -0.15) is 31.4 Å². The maximum absolute atomic E-state index is 13.2. The van der Waals surface area contributed by atoms with Crippen molar-refractivity contribution >= 4 is 22.6 Å². The molecule has 1 N–H and O–H groups in total. The second-order valence-electron chi connectivity index (χ2n) is 6.46. The zero-order valence-corrected chi connectivity index (χ0v) is 15.3. The van der Waals surface area contributed by atoms with Gasteiger partial charge in [0, 0.05) is 43.4 Å². The molecule has 0 spiro atoms. The molecule has 160 valence electrons. The number of aromatic nitrogens is 3. The van der Waals surface area contributed by atoms with Crippen LogP contribution in [0.15, 0.2) is 41.3 Å². The van der Waals surface area contributed by atoms with Gasteiger partial charge in [0.2, 0.25) is 5.91 Å². The molecule has 0 radical (unpaired) electrons.